The summed E-state index contributed by atoms with van der Waals surface area (Å²) < 4.78 is 0. The van der Waals surface area contributed by atoms with Gasteiger partial charge >= 0.3 is 0 Å². The van der Waals surface area contributed by atoms with Crippen molar-refractivity contribution in [1.29, 1.82) is 0 Å². The second-order valence-electron chi connectivity index (χ2n) is 9.41. The van der Waals surface area contributed by atoms with Gasteiger partial charge in [-0.2, -0.15) is 0 Å². The summed E-state index contributed by atoms with van der Waals surface area (Å²) in [6.07, 6.45) is 10.4. The van der Waals surface area contributed by atoms with Gasteiger partial charge in [-0.25, -0.2) is 0 Å². The zero-order valence-corrected chi connectivity index (χ0v) is 21.9. The van der Waals surface area contributed by atoms with Crippen LogP contribution >= 0.6 is 8.58 Å². The Balaban J connectivity index is 1.75. The summed E-state index contributed by atoms with van der Waals surface area (Å²) in [5.74, 6) is 1.09. The number of phenolic OH excluding ortho intramolecular Hbond substituents is 1. The Morgan fingerprint density at radius 1 is 1.15 bits per heavy atom. The van der Waals surface area contributed by atoms with E-state index in [0.717, 1.165) is 39.9 Å². The van der Waals surface area contributed by atoms with Crippen LogP contribution in [0.3, 0.4) is 0 Å². The highest BCUT2D eigenvalue weighted by atomic mass is 31.1. The number of aromatic hydroxyl groups is 1. The lowest BCUT2D eigenvalue weighted by atomic mass is 9.98. The topological polar surface area (TPSA) is 60.2 Å². The first-order chi connectivity index (χ1) is 15.9. The van der Waals surface area contributed by atoms with Crippen LogP contribution in [0.5, 0.6) is 5.75 Å². The van der Waals surface area contributed by atoms with Crippen LogP contribution in [-0.2, 0) is 0 Å². The van der Waals surface area contributed by atoms with E-state index in [1.807, 2.05) is 31.3 Å². The van der Waals surface area contributed by atoms with E-state index in [0.29, 0.717) is 14.6 Å². The Bertz CT molecular complexity index is 912. The third-order valence-corrected chi connectivity index (χ3v) is 8.01. The zero-order chi connectivity index (χ0) is 23.8. The molecule has 2 aliphatic rings. The number of para-hydroxylation sites is 1. The molecular weight excluding hydrogens is 427 g/mol. The molecule has 180 valence electrons. The van der Waals surface area contributed by atoms with E-state index in [4.69, 9.17) is 4.99 Å². The predicted octanol–water partition coefficient (Wildman–Crippen LogP) is 5.57. The maximum absolute atomic E-state index is 10.5. The molecule has 3 unspecified atom stereocenters. The number of hydrogen-bond acceptors (Lipinski definition) is 5. The molecule has 6 heteroatoms. The Hall–Kier alpha value is -1.97. The van der Waals surface area contributed by atoms with E-state index in [9.17, 15) is 5.11 Å². The fourth-order valence-electron chi connectivity index (χ4n) is 5.18. The maximum Gasteiger partial charge on any atom is 0.124 e. The van der Waals surface area contributed by atoms with Crippen molar-refractivity contribution < 1.29 is 5.11 Å². The van der Waals surface area contributed by atoms with Gasteiger partial charge < -0.3 is 10.4 Å². The first-order valence-electron chi connectivity index (χ1n) is 12.3. The molecule has 5 nitrogen and oxygen atoms in total. The lowest BCUT2D eigenvalue weighted by Gasteiger charge is -2.38. The lowest BCUT2D eigenvalue weighted by Crippen LogP contribution is -2.47. The fraction of sp³-hybridized carbons (Fsp3) is 0.556. The van der Waals surface area contributed by atoms with Crippen molar-refractivity contribution in [1.82, 2.24) is 10.2 Å². The van der Waals surface area contributed by atoms with Crippen LogP contribution in [0.25, 0.3) is 0 Å². The van der Waals surface area contributed by atoms with Crippen LogP contribution in [0.1, 0.15) is 58.4 Å². The van der Waals surface area contributed by atoms with Crippen LogP contribution in [0, 0.1) is 5.92 Å². The molecule has 1 aliphatic heterocycles. The van der Waals surface area contributed by atoms with Gasteiger partial charge in [0, 0.05) is 60.7 Å². The summed E-state index contributed by atoms with van der Waals surface area (Å²) in [4.78, 5) is 11.8. The minimum atomic E-state index is 0.247. The Morgan fingerprint density at radius 2 is 1.88 bits per heavy atom. The Morgan fingerprint density at radius 3 is 2.48 bits per heavy atom. The van der Waals surface area contributed by atoms with Gasteiger partial charge in [0.05, 0.1) is 5.71 Å². The predicted molar refractivity (Wildman–Crippen MR) is 144 cm³/mol. The number of likely N-dealkylation sites (tertiary alicyclic amines) is 1. The molecule has 0 aromatic heterocycles. The molecule has 0 amide bonds. The first-order valence-corrected chi connectivity index (χ1v) is 13.8. The number of benzene rings is 1. The van der Waals surface area contributed by atoms with Gasteiger partial charge in [0.2, 0.25) is 0 Å². The number of hydrogen-bond donors (Lipinski definition) is 2. The van der Waals surface area contributed by atoms with E-state index in [1.54, 1.807) is 13.1 Å². The summed E-state index contributed by atoms with van der Waals surface area (Å²) >= 11 is 0. The van der Waals surface area contributed by atoms with E-state index < -0.39 is 0 Å². The SMILES string of the molecule is CN=C/C(PC)=C(C)/N=C(/C=C(\C)NC1CCN(C2CCCC2C)CC1)c1ccccc1O. The summed E-state index contributed by atoms with van der Waals surface area (Å²) in [6.45, 7) is 11.0. The molecule has 2 N–H and O–H groups in total. The molecule has 2 fully saturated rings. The molecule has 3 atom stereocenters. The third kappa shape index (κ3) is 7.01. The molecule has 1 saturated heterocycles. The van der Waals surface area contributed by atoms with Crippen molar-refractivity contribution in [2.75, 3.05) is 26.8 Å². The Labute approximate surface area is 202 Å². The van der Waals surface area contributed by atoms with Gasteiger partial charge in [-0.1, -0.05) is 34.1 Å². The van der Waals surface area contributed by atoms with Crippen molar-refractivity contribution in [2.24, 2.45) is 15.9 Å². The van der Waals surface area contributed by atoms with Crippen molar-refractivity contribution in [3.63, 3.8) is 0 Å². The number of nitrogens with zero attached hydrogens (tertiary/aromatic N) is 3. The second kappa shape index (κ2) is 12.5. The fourth-order valence-corrected chi connectivity index (χ4v) is 5.86. The van der Waals surface area contributed by atoms with Gasteiger partial charge in [0.1, 0.15) is 5.75 Å². The van der Waals surface area contributed by atoms with Crippen LogP contribution < -0.4 is 5.32 Å². The lowest BCUT2D eigenvalue weighted by molar-refractivity contribution is 0.124. The van der Waals surface area contributed by atoms with E-state index in [1.165, 1.54) is 45.2 Å². The molecule has 0 bridgehead atoms. The van der Waals surface area contributed by atoms with Crippen molar-refractivity contribution in [3.8, 4) is 5.75 Å². The number of nitrogens with one attached hydrogen (secondary N) is 1. The van der Waals surface area contributed by atoms with Crippen LogP contribution in [-0.4, -0.2) is 60.8 Å². The molecule has 33 heavy (non-hydrogen) atoms. The Kier molecular flexibility index (Phi) is 9.70. The molecule has 1 saturated carbocycles. The van der Waals surface area contributed by atoms with Gasteiger partial charge in [0.15, 0.2) is 0 Å². The van der Waals surface area contributed by atoms with E-state index in [-0.39, 0.29) is 5.75 Å². The summed E-state index contributed by atoms with van der Waals surface area (Å²) in [6, 6.07) is 8.70. The van der Waals surface area contributed by atoms with Gasteiger partial charge in [-0.15, -0.1) is 0 Å². The molecule has 3 rings (SSSR count). The first kappa shape index (κ1) is 25.6. The minimum absolute atomic E-state index is 0.247. The van der Waals surface area contributed by atoms with Crippen molar-refractivity contribution in [3.05, 3.63) is 52.6 Å². The minimum Gasteiger partial charge on any atom is -0.507 e. The third-order valence-electron chi connectivity index (χ3n) is 6.99. The van der Waals surface area contributed by atoms with Crippen LogP contribution in [0.15, 0.2) is 57.0 Å². The summed E-state index contributed by atoms with van der Waals surface area (Å²) in [5.41, 5.74) is 3.54. The number of allylic oxidation sites excluding steroid dienone is 4. The average Bonchev–Trinajstić information content (AvgIpc) is 3.23. The zero-order valence-electron chi connectivity index (χ0n) is 20.9. The van der Waals surface area contributed by atoms with Gasteiger partial charge in [0.25, 0.3) is 0 Å². The van der Waals surface area contributed by atoms with E-state index >= 15 is 0 Å². The normalized spacial score (nSPS) is 24.8. The highest BCUT2D eigenvalue weighted by Gasteiger charge is 2.31. The van der Waals surface area contributed by atoms with Crippen molar-refractivity contribution in [2.45, 2.75) is 65.0 Å². The number of rotatable bonds is 8. The molecule has 1 aromatic rings. The van der Waals surface area contributed by atoms with Gasteiger partial charge in [-0.05, 0) is 70.3 Å². The smallest absolute Gasteiger partial charge is 0.124 e. The second-order valence-corrected chi connectivity index (χ2v) is 10.4. The summed E-state index contributed by atoms with van der Waals surface area (Å²) in [5, 5.41) is 15.4. The number of aliphatic imine (C=N–C) groups is 2. The monoisotopic (exact) mass is 468 g/mol. The molecule has 1 aromatic carbocycles. The standard InChI is InChI=1S/C27H41N4OP/c1-19-9-8-11-25(19)31-15-13-22(14-16-31)29-20(2)17-24(23-10-6-7-12-26(23)32)30-21(3)27(33-5)18-28-4/h6-7,10,12,17-19,22,25,29,32-33H,8-9,11,13-16H2,1-5H3/b20-17+,27-21-,28-18?,30-24-. The number of phenols is 1. The highest BCUT2D eigenvalue weighted by Crippen LogP contribution is 2.31. The van der Waals surface area contributed by atoms with E-state index in [2.05, 4.69) is 41.8 Å². The average molecular weight is 469 g/mol. The number of piperidine rings is 1. The van der Waals surface area contributed by atoms with Gasteiger partial charge in [-0.3, -0.25) is 14.9 Å². The molecule has 0 spiro atoms. The van der Waals surface area contributed by atoms with Crippen LogP contribution in [0.2, 0.25) is 0 Å². The molecule has 0 radical (unpaired) electrons. The maximum atomic E-state index is 10.5. The summed E-state index contributed by atoms with van der Waals surface area (Å²) in [7, 11) is 2.39. The molecule has 1 heterocycles. The largest absolute Gasteiger partial charge is 0.507 e. The van der Waals surface area contributed by atoms with Crippen molar-refractivity contribution >= 4 is 20.5 Å². The highest BCUT2D eigenvalue weighted by molar-refractivity contribution is 7.43. The van der Waals surface area contributed by atoms with Crippen LogP contribution in [0.4, 0.5) is 0 Å². The molecule has 1 aliphatic carbocycles. The quantitative estimate of drug-likeness (QED) is 0.387. The molecular formula is C27H41N4OP.